The van der Waals surface area contributed by atoms with Crippen LogP contribution < -0.4 is 0 Å². The summed E-state index contributed by atoms with van der Waals surface area (Å²) in [7, 11) is 0. The molecule has 1 aliphatic rings. The minimum atomic E-state index is 0.360. The fraction of sp³-hybridized carbons (Fsp3) is 0.542. The smallest absolute Gasteiger partial charge is 0.147 e. The van der Waals surface area contributed by atoms with E-state index in [-0.39, 0.29) is 0 Å². The molecule has 0 bridgehead atoms. The van der Waals surface area contributed by atoms with Gasteiger partial charge in [-0.3, -0.25) is 0 Å². The number of rotatable bonds is 8. The third-order valence-corrected chi connectivity index (χ3v) is 6.76. The second-order valence-electron chi connectivity index (χ2n) is 8.04. The molecule has 1 heterocycles. The van der Waals surface area contributed by atoms with Crippen LogP contribution in [0, 0.1) is 5.92 Å². The van der Waals surface area contributed by atoms with Crippen LogP contribution in [0.15, 0.2) is 36.5 Å². The second kappa shape index (κ2) is 10.5. The lowest BCUT2D eigenvalue weighted by Crippen LogP contribution is -2.13. The molecule has 0 spiro atoms. The minimum absolute atomic E-state index is 0.360. The van der Waals surface area contributed by atoms with E-state index in [4.69, 9.17) is 23.2 Å². The van der Waals surface area contributed by atoms with E-state index in [0.717, 1.165) is 23.0 Å². The van der Waals surface area contributed by atoms with E-state index in [1.807, 2.05) is 6.07 Å². The Morgan fingerprint density at radius 2 is 1.59 bits per heavy atom. The molecule has 0 N–H and O–H groups in total. The lowest BCUT2D eigenvalue weighted by atomic mass is 9.77. The fourth-order valence-electron chi connectivity index (χ4n) is 4.35. The second-order valence-corrected chi connectivity index (χ2v) is 8.80. The van der Waals surface area contributed by atoms with Crippen LogP contribution in [-0.4, -0.2) is 4.98 Å². The maximum absolute atomic E-state index is 6.10. The van der Waals surface area contributed by atoms with E-state index >= 15 is 0 Å². The van der Waals surface area contributed by atoms with Crippen molar-refractivity contribution in [2.75, 3.05) is 0 Å². The Morgan fingerprint density at radius 3 is 2.26 bits per heavy atom. The normalized spacial score (nSPS) is 20.0. The monoisotopic (exact) mass is 403 g/mol. The molecule has 1 aliphatic carbocycles. The van der Waals surface area contributed by atoms with Gasteiger partial charge >= 0.3 is 0 Å². The van der Waals surface area contributed by atoms with Gasteiger partial charge in [-0.05, 0) is 54.7 Å². The standard InChI is InChI=1S/C24H31Cl2N/c1-2-3-4-5-6-7-18-8-10-19(11-9-18)20-12-14-21(15-13-20)22-16-23(25)24(26)27-17-22/h12-19H,2-11H2,1H3. The largest absolute Gasteiger partial charge is 0.242 e. The molecule has 146 valence electrons. The van der Waals surface area contributed by atoms with Gasteiger partial charge in [0.25, 0.3) is 0 Å². The van der Waals surface area contributed by atoms with Gasteiger partial charge in [0.1, 0.15) is 5.15 Å². The molecule has 3 rings (SSSR count). The van der Waals surface area contributed by atoms with Gasteiger partial charge in [0.15, 0.2) is 0 Å². The molecule has 1 nitrogen and oxygen atoms in total. The number of halogens is 2. The molecular weight excluding hydrogens is 373 g/mol. The molecule has 0 aliphatic heterocycles. The number of hydrogen-bond acceptors (Lipinski definition) is 1. The number of unbranched alkanes of at least 4 members (excludes halogenated alkanes) is 4. The summed E-state index contributed by atoms with van der Waals surface area (Å²) in [5, 5.41) is 0.866. The number of hydrogen-bond donors (Lipinski definition) is 0. The summed E-state index contributed by atoms with van der Waals surface area (Å²) < 4.78 is 0. The quantitative estimate of drug-likeness (QED) is 0.317. The molecule has 27 heavy (non-hydrogen) atoms. The molecule has 1 aromatic carbocycles. The lowest BCUT2D eigenvalue weighted by molar-refractivity contribution is 0.302. The van der Waals surface area contributed by atoms with Gasteiger partial charge < -0.3 is 0 Å². The zero-order valence-corrected chi connectivity index (χ0v) is 17.9. The third kappa shape index (κ3) is 5.96. The molecular formula is C24H31Cl2N. The average Bonchev–Trinajstić information content (AvgIpc) is 2.71. The van der Waals surface area contributed by atoms with Gasteiger partial charge in [-0.2, -0.15) is 0 Å². The molecule has 0 saturated heterocycles. The van der Waals surface area contributed by atoms with Crippen LogP contribution in [0.5, 0.6) is 0 Å². The van der Waals surface area contributed by atoms with E-state index in [2.05, 4.69) is 36.2 Å². The molecule has 3 heteroatoms. The highest BCUT2D eigenvalue weighted by molar-refractivity contribution is 6.41. The summed E-state index contributed by atoms with van der Waals surface area (Å²) in [4.78, 5) is 4.15. The maximum atomic E-state index is 6.10. The van der Waals surface area contributed by atoms with Gasteiger partial charge in [-0.25, -0.2) is 4.98 Å². The Balaban J connectivity index is 1.49. The zero-order chi connectivity index (χ0) is 19.1. The lowest BCUT2D eigenvalue weighted by Gasteiger charge is -2.29. The average molecular weight is 404 g/mol. The SMILES string of the molecule is CCCCCCCC1CCC(c2ccc(-c3cnc(Cl)c(Cl)c3)cc2)CC1. The van der Waals surface area contributed by atoms with Crippen LogP contribution in [-0.2, 0) is 0 Å². The Kier molecular flexibility index (Phi) is 8.03. The van der Waals surface area contributed by atoms with Crippen molar-refractivity contribution in [1.29, 1.82) is 0 Å². The van der Waals surface area contributed by atoms with Crippen molar-refractivity contribution >= 4 is 23.2 Å². The first-order valence-corrected chi connectivity index (χ1v) is 11.3. The van der Waals surface area contributed by atoms with Crippen LogP contribution in [0.4, 0.5) is 0 Å². The molecule has 0 unspecified atom stereocenters. The van der Waals surface area contributed by atoms with Crippen molar-refractivity contribution in [3.8, 4) is 11.1 Å². The van der Waals surface area contributed by atoms with E-state index < -0.39 is 0 Å². The van der Waals surface area contributed by atoms with Gasteiger partial charge in [0, 0.05) is 11.8 Å². The number of aromatic nitrogens is 1. The number of benzene rings is 1. The van der Waals surface area contributed by atoms with Crippen LogP contribution in [0.3, 0.4) is 0 Å². The van der Waals surface area contributed by atoms with E-state index in [0.29, 0.717) is 10.2 Å². The van der Waals surface area contributed by atoms with Crippen LogP contribution in [0.2, 0.25) is 10.2 Å². The van der Waals surface area contributed by atoms with Gasteiger partial charge in [0.05, 0.1) is 5.02 Å². The molecule has 1 fully saturated rings. The summed E-state index contributed by atoms with van der Waals surface area (Å²) in [6, 6.07) is 10.8. The Bertz CT molecular complexity index is 703. The number of pyridine rings is 1. The first kappa shape index (κ1) is 20.7. The Labute approximate surface area is 174 Å². The number of nitrogens with zero attached hydrogens (tertiary/aromatic N) is 1. The van der Waals surface area contributed by atoms with E-state index in [9.17, 15) is 0 Å². The predicted molar refractivity (Wildman–Crippen MR) is 118 cm³/mol. The van der Waals surface area contributed by atoms with E-state index in [1.165, 1.54) is 69.8 Å². The van der Waals surface area contributed by atoms with Crippen molar-refractivity contribution in [3.63, 3.8) is 0 Å². The molecule has 0 atom stereocenters. The summed E-state index contributed by atoms with van der Waals surface area (Å²) in [5.74, 6) is 1.69. The van der Waals surface area contributed by atoms with Crippen LogP contribution in [0.25, 0.3) is 11.1 Å². The Hall–Kier alpha value is -1.05. The summed E-state index contributed by atoms with van der Waals surface area (Å²) in [5.41, 5.74) is 3.64. The summed E-state index contributed by atoms with van der Waals surface area (Å²) >= 11 is 12.0. The van der Waals surface area contributed by atoms with E-state index in [1.54, 1.807) is 6.20 Å². The molecule has 2 aromatic rings. The molecule has 0 amide bonds. The fourth-order valence-corrected chi connectivity index (χ4v) is 4.62. The maximum Gasteiger partial charge on any atom is 0.147 e. The van der Waals surface area contributed by atoms with Gasteiger partial charge in [-0.15, -0.1) is 0 Å². The summed E-state index contributed by atoms with van der Waals surface area (Å²) in [6.45, 7) is 2.29. The van der Waals surface area contributed by atoms with Crippen molar-refractivity contribution in [2.24, 2.45) is 5.92 Å². The predicted octanol–water partition coefficient (Wildman–Crippen LogP) is 8.69. The Morgan fingerprint density at radius 1 is 0.889 bits per heavy atom. The highest BCUT2D eigenvalue weighted by Gasteiger charge is 2.22. The van der Waals surface area contributed by atoms with Crippen LogP contribution in [0.1, 0.15) is 82.6 Å². The first-order chi connectivity index (χ1) is 13.2. The van der Waals surface area contributed by atoms with Gasteiger partial charge in [0.2, 0.25) is 0 Å². The summed E-state index contributed by atoms with van der Waals surface area (Å²) in [6.07, 6.45) is 15.7. The van der Waals surface area contributed by atoms with Crippen LogP contribution >= 0.6 is 23.2 Å². The highest BCUT2D eigenvalue weighted by Crippen LogP contribution is 2.38. The zero-order valence-electron chi connectivity index (χ0n) is 16.4. The minimum Gasteiger partial charge on any atom is -0.242 e. The molecule has 0 radical (unpaired) electrons. The van der Waals surface area contributed by atoms with Gasteiger partial charge in [-0.1, -0.05) is 92.9 Å². The van der Waals surface area contributed by atoms with Crippen molar-refractivity contribution in [1.82, 2.24) is 4.98 Å². The van der Waals surface area contributed by atoms with Crippen molar-refractivity contribution in [3.05, 3.63) is 52.3 Å². The topological polar surface area (TPSA) is 12.9 Å². The third-order valence-electron chi connectivity index (χ3n) is 6.07. The molecule has 1 aromatic heterocycles. The first-order valence-electron chi connectivity index (χ1n) is 10.6. The molecule has 1 saturated carbocycles. The highest BCUT2D eigenvalue weighted by atomic mass is 35.5. The van der Waals surface area contributed by atoms with Crippen molar-refractivity contribution in [2.45, 2.75) is 77.0 Å². The van der Waals surface area contributed by atoms with Crippen molar-refractivity contribution < 1.29 is 0 Å².